The molecule has 0 unspecified atom stereocenters. The van der Waals surface area contributed by atoms with Crippen LogP contribution in [0.25, 0.3) is 11.5 Å². The Morgan fingerprint density at radius 1 is 1.29 bits per heavy atom. The summed E-state index contributed by atoms with van der Waals surface area (Å²) in [7, 11) is 0. The van der Waals surface area contributed by atoms with Crippen molar-refractivity contribution in [2.24, 2.45) is 5.92 Å². The molecule has 1 N–H and O–H groups in total. The van der Waals surface area contributed by atoms with E-state index in [1.165, 1.54) is 0 Å². The number of hydrogen-bond acceptors (Lipinski definition) is 4. The second-order valence-corrected chi connectivity index (χ2v) is 6.24. The van der Waals surface area contributed by atoms with Crippen molar-refractivity contribution in [2.45, 2.75) is 33.6 Å². The second-order valence-electron chi connectivity index (χ2n) is 6.24. The molecule has 0 aliphatic carbocycles. The first-order valence-corrected chi connectivity index (χ1v) is 8.42. The number of carbonyl (C=O) groups is 1. The maximum Gasteiger partial charge on any atom is 0.226 e. The summed E-state index contributed by atoms with van der Waals surface area (Å²) in [4.78, 5) is 16.5. The summed E-state index contributed by atoms with van der Waals surface area (Å²) < 4.78 is 11.2. The summed E-state index contributed by atoms with van der Waals surface area (Å²) in [5.41, 5.74) is 1.59. The molecule has 1 heterocycles. The number of nitrogens with one attached hydrogen (secondary N) is 1. The van der Waals surface area contributed by atoms with Crippen LogP contribution in [0.15, 0.2) is 34.7 Å². The van der Waals surface area contributed by atoms with E-state index in [9.17, 15) is 4.79 Å². The maximum atomic E-state index is 12.0. The van der Waals surface area contributed by atoms with E-state index in [1.54, 1.807) is 0 Å². The Morgan fingerprint density at radius 3 is 2.75 bits per heavy atom. The number of aromatic nitrogens is 1. The number of hydrogen-bond donors (Lipinski definition) is 1. The van der Waals surface area contributed by atoms with Crippen LogP contribution in [-0.4, -0.2) is 30.6 Å². The normalized spacial score (nSPS) is 11.0. The number of aryl methyl sites for hydroxylation is 1. The summed E-state index contributed by atoms with van der Waals surface area (Å²) in [5, 5.41) is 2.89. The van der Waals surface area contributed by atoms with Crippen molar-refractivity contribution < 1.29 is 13.9 Å². The Labute approximate surface area is 143 Å². The molecule has 5 nitrogen and oxygen atoms in total. The molecule has 1 aromatic heterocycles. The molecule has 1 amide bonds. The average Bonchev–Trinajstić information content (AvgIpc) is 2.92. The van der Waals surface area contributed by atoms with Crippen molar-refractivity contribution >= 4 is 5.91 Å². The number of nitrogens with zero attached hydrogens (tertiary/aromatic N) is 1. The highest BCUT2D eigenvalue weighted by Crippen LogP contribution is 2.21. The summed E-state index contributed by atoms with van der Waals surface area (Å²) in [6, 6.07) is 9.68. The van der Waals surface area contributed by atoms with E-state index in [2.05, 4.69) is 24.1 Å². The first-order valence-electron chi connectivity index (χ1n) is 8.42. The van der Waals surface area contributed by atoms with Gasteiger partial charge in [0.1, 0.15) is 5.76 Å². The Morgan fingerprint density at radius 2 is 2.04 bits per heavy atom. The van der Waals surface area contributed by atoms with Crippen molar-refractivity contribution in [3.63, 3.8) is 0 Å². The molecule has 0 saturated carbocycles. The monoisotopic (exact) mass is 330 g/mol. The van der Waals surface area contributed by atoms with Gasteiger partial charge in [-0.05, 0) is 31.4 Å². The smallest absolute Gasteiger partial charge is 0.226 e. The number of amides is 1. The molecule has 130 valence electrons. The molecule has 24 heavy (non-hydrogen) atoms. The molecular weight excluding hydrogens is 304 g/mol. The van der Waals surface area contributed by atoms with Crippen LogP contribution in [0.4, 0.5) is 0 Å². The van der Waals surface area contributed by atoms with Gasteiger partial charge in [0.05, 0.1) is 12.1 Å². The molecule has 0 fully saturated rings. The van der Waals surface area contributed by atoms with Crippen LogP contribution >= 0.6 is 0 Å². The minimum absolute atomic E-state index is 0.0464. The predicted molar refractivity (Wildman–Crippen MR) is 93.7 cm³/mol. The van der Waals surface area contributed by atoms with Gasteiger partial charge in [0, 0.05) is 25.3 Å². The van der Waals surface area contributed by atoms with Crippen molar-refractivity contribution in [3.05, 3.63) is 41.8 Å². The van der Waals surface area contributed by atoms with Gasteiger partial charge in [0.2, 0.25) is 11.8 Å². The topological polar surface area (TPSA) is 64.4 Å². The van der Waals surface area contributed by atoms with Gasteiger partial charge in [-0.3, -0.25) is 4.79 Å². The lowest BCUT2D eigenvalue weighted by atomic mass is 10.2. The van der Waals surface area contributed by atoms with Crippen LogP contribution in [0.1, 0.15) is 31.7 Å². The van der Waals surface area contributed by atoms with Gasteiger partial charge in [0.15, 0.2) is 0 Å². The van der Waals surface area contributed by atoms with Crippen molar-refractivity contribution in [2.75, 3.05) is 19.8 Å². The highest BCUT2D eigenvalue weighted by Gasteiger charge is 2.14. The van der Waals surface area contributed by atoms with Gasteiger partial charge in [0.25, 0.3) is 0 Å². The number of rotatable bonds is 9. The summed E-state index contributed by atoms with van der Waals surface area (Å²) in [6.07, 6.45) is 1.04. The molecule has 0 bridgehead atoms. The lowest BCUT2D eigenvalue weighted by molar-refractivity contribution is -0.120. The molecule has 0 spiro atoms. The first kappa shape index (κ1) is 18.2. The number of carbonyl (C=O) groups excluding carboxylic acids is 1. The van der Waals surface area contributed by atoms with E-state index in [1.807, 2.05) is 37.3 Å². The van der Waals surface area contributed by atoms with E-state index in [4.69, 9.17) is 9.15 Å². The van der Waals surface area contributed by atoms with Crippen LogP contribution in [0.5, 0.6) is 0 Å². The fraction of sp³-hybridized carbons (Fsp3) is 0.474. The number of oxazole rings is 1. The minimum Gasteiger partial charge on any atom is -0.441 e. The van der Waals surface area contributed by atoms with E-state index in [0.29, 0.717) is 36.4 Å². The fourth-order valence-corrected chi connectivity index (χ4v) is 2.23. The second kappa shape index (κ2) is 9.23. The highest BCUT2D eigenvalue weighted by atomic mass is 16.5. The quantitative estimate of drug-likeness (QED) is 0.716. The Bertz CT molecular complexity index is 635. The Kier molecular flexibility index (Phi) is 7.00. The van der Waals surface area contributed by atoms with Gasteiger partial charge >= 0.3 is 0 Å². The van der Waals surface area contributed by atoms with E-state index >= 15 is 0 Å². The lowest BCUT2D eigenvalue weighted by Crippen LogP contribution is -2.27. The molecule has 2 aromatic rings. The fourth-order valence-electron chi connectivity index (χ4n) is 2.23. The third kappa shape index (κ3) is 5.81. The molecular formula is C19H26N2O3. The average molecular weight is 330 g/mol. The third-order valence-electron chi connectivity index (χ3n) is 3.48. The van der Waals surface area contributed by atoms with Crippen LogP contribution in [-0.2, 0) is 16.0 Å². The van der Waals surface area contributed by atoms with Crippen molar-refractivity contribution in [1.29, 1.82) is 0 Å². The molecule has 0 radical (unpaired) electrons. The number of benzene rings is 1. The lowest BCUT2D eigenvalue weighted by Gasteiger charge is -2.07. The Balaban J connectivity index is 1.77. The van der Waals surface area contributed by atoms with Gasteiger partial charge in [-0.2, -0.15) is 0 Å². The predicted octanol–water partition coefficient (Wildman–Crippen LogP) is 3.37. The molecule has 2 rings (SSSR count). The van der Waals surface area contributed by atoms with Crippen LogP contribution < -0.4 is 5.32 Å². The van der Waals surface area contributed by atoms with Crippen molar-refractivity contribution in [1.82, 2.24) is 10.3 Å². The van der Waals surface area contributed by atoms with Crippen LogP contribution in [0.2, 0.25) is 0 Å². The van der Waals surface area contributed by atoms with Gasteiger partial charge in [-0.1, -0.05) is 32.0 Å². The van der Waals surface area contributed by atoms with E-state index < -0.39 is 0 Å². The SMILES string of the molecule is Cc1oc(-c2ccccc2)nc1CC(=O)NCCCOCC(C)C. The zero-order chi connectivity index (χ0) is 17.4. The zero-order valence-corrected chi connectivity index (χ0v) is 14.7. The highest BCUT2D eigenvalue weighted by molar-refractivity contribution is 5.78. The summed E-state index contributed by atoms with van der Waals surface area (Å²) in [5.74, 6) is 1.73. The van der Waals surface area contributed by atoms with Crippen LogP contribution in [0.3, 0.4) is 0 Å². The molecule has 0 saturated heterocycles. The summed E-state index contributed by atoms with van der Waals surface area (Å²) in [6.45, 7) is 8.10. The standard InChI is InChI=1S/C19H26N2O3/c1-14(2)13-23-11-7-10-20-18(22)12-17-15(3)24-19(21-17)16-8-5-4-6-9-16/h4-6,8-9,14H,7,10-13H2,1-3H3,(H,20,22). The van der Waals surface area contributed by atoms with Gasteiger partial charge in [-0.15, -0.1) is 0 Å². The summed E-state index contributed by atoms with van der Waals surface area (Å²) >= 11 is 0. The molecule has 0 aliphatic heterocycles. The number of ether oxygens (including phenoxy) is 1. The first-order chi connectivity index (χ1) is 11.6. The van der Waals surface area contributed by atoms with Crippen LogP contribution in [0, 0.1) is 12.8 Å². The largest absolute Gasteiger partial charge is 0.441 e. The van der Waals surface area contributed by atoms with E-state index in [-0.39, 0.29) is 12.3 Å². The molecule has 0 aliphatic rings. The maximum absolute atomic E-state index is 12.0. The van der Waals surface area contributed by atoms with Gasteiger partial charge < -0.3 is 14.5 Å². The zero-order valence-electron chi connectivity index (χ0n) is 14.7. The van der Waals surface area contributed by atoms with E-state index in [0.717, 1.165) is 18.6 Å². The molecule has 5 heteroatoms. The molecule has 0 atom stereocenters. The van der Waals surface area contributed by atoms with Crippen molar-refractivity contribution in [3.8, 4) is 11.5 Å². The minimum atomic E-state index is -0.0464. The Hall–Kier alpha value is -2.14. The third-order valence-corrected chi connectivity index (χ3v) is 3.48. The molecule has 1 aromatic carbocycles. The van der Waals surface area contributed by atoms with Gasteiger partial charge in [-0.25, -0.2) is 4.98 Å².